The summed E-state index contributed by atoms with van der Waals surface area (Å²) in [6.07, 6.45) is 0. The molecule has 0 unspecified atom stereocenters. The van der Waals surface area contributed by atoms with Crippen LogP contribution in [-0.4, -0.2) is 25.0 Å². The molecule has 24 heavy (non-hydrogen) atoms. The number of pyridine rings is 1. The Hall–Kier alpha value is -2.79. The number of hydrogen-bond acceptors (Lipinski definition) is 3. The molecule has 122 valence electrons. The Morgan fingerprint density at radius 2 is 1.88 bits per heavy atom. The van der Waals surface area contributed by atoms with Gasteiger partial charge in [-0.1, -0.05) is 29.8 Å². The summed E-state index contributed by atoms with van der Waals surface area (Å²) in [5.41, 5.74) is 1.29. The summed E-state index contributed by atoms with van der Waals surface area (Å²) in [5, 5.41) is 4.58. The number of carbonyl (C=O) groups is 1. The number of aromatic amines is 1. The number of aromatic nitrogens is 1. The van der Waals surface area contributed by atoms with E-state index in [0.717, 1.165) is 5.69 Å². The lowest BCUT2D eigenvalue weighted by atomic mass is 10.1. The van der Waals surface area contributed by atoms with Gasteiger partial charge < -0.3 is 15.2 Å². The number of nitrogens with zero attached hydrogens (tertiary/aromatic N) is 1. The Balaban J connectivity index is 1.99. The third-order valence-corrected chi connectivity index (χ3v) is 3.92. The molecule has 0 saturated heterocycles. The van der Waals surface area contributed by atoms with Crippen LogP contribution in [0.3, 0.4) is 0 Å². The van der Waals surface area contributed by atoms with E-state index in [1.807, 2.05) is 31.1 Å². The highest BCUT2D eigenvalue weighted by atomic mass is 35.5. The summed E-state index contributed by atoms with van der Waals surface area (Å²) in [6.45, 7) is 0. The molecule has 0 radical (unpaired) electrons. The third-order valence-electron chi connectivity index (χ3n) is 3.69. The molecule has 0 atom stereocenters. The van der Waals surface area contributed by atoms with Gasteiger partial charge in [-0.25, -0.2) is 0 Å². The topological polar surface area (TPSA) is 65.2 Å². The minimum atomic E-state index is -0.400. The summed E-state index contributed by atoms with van der Waals surface area (Å²) in [6, 6.07) is 14.0. The molecule has 0 fully saturated rings. The van der Waals surface area contributed by atoms with Gasteiger partial charge in [0.25, 0.3) is 11.5 Å². The average Bonchev–Trinajstić information content (AvgIpc) is 2.54. The van der Waals surface area contributed by atoms with Gasteiger partial charge in [0.2, 0.25) is 0 Å². The Bertz CT molecular complexity index is 979. The number of nitrogens with one attached hydrogen (secondary N) is 2. The Morgan fingerprint density at radius 3 is 2.62 bits per heavy atom. The second-order valence-corrected chi connectivity index (χ2v) is 6.05. The molecule has 5 nitrogen and oxygen atoms in total. The zero-order chi connectivity index (χ0) is 17.3. The number of hydrogen-bond donors (Lipinski definition) is 2. The highest BCUT2D eigenvalue weighted by Gasteiger charge is 2.13. The molecule has 6 heteroatoms. The van der Waals surface area contributed by atoms with E-state index in [2.05, 4.69) is 10.3 Å². The van der Waals surface area contributed by atoms with Crippen LogP contribution in [0.1, 0.15) is 10.5 Å². The lowest BCUT2D eigenvalue weighted by Crippen LogP contribution is -2.20. The average molecular weight is 342 g/mol. The van der Waals surface area contributed by atoms with Gasteiger partial charge in [0.05, 0.1) is 11.4 Å². The highest BCUT2D eigenvalue weighted by molar-refractivity contribution is 6.31. The summed E-state index contributed by atoms with van der Waals surface area (Å²) < 4.78 is 0. The lowest BCUT2D eigenvalue weighted by molar-refractivity contribution is 0.102. The molecule has 2 aromatic carbocycles. The number of benzene rings is 2. The molecule has 0 bridgehead atoms. The highest BCUT2D eigenvalue weighted by Crippen LogP contribution is 2.28. The first-order valence-corrected chi connectivity index (χ1v) is 7.74. The van der Waals surface area contributed by atoms with Crippen molar-refractivity contribution in [3.63, 3.8) is 0 Å². The van der Waals surface area contributed by atoms with Crippen molar-refractivity contribution >= 4 is 39.7 Å². The number of H-pyrrole nitrogens is 1. The van der Waals surface area contributed by atoms with E-state index >= 15 is 0 Å². The van der Waals surface area contributed by atoms with Crippen LogP contribution in [0.25, 0.3) is 10.8 Å². The molecule has 3 aromatic rings. The summed E-state index contributed by atoms with van der Waals surface area (Å²) in [4.78, 5) is 29.2. The van der Waals surface area contributed by atoms with Crippen molar-refractivity contribution in [2.75, 3.05) is 24.3 Å². The van der Waals surface area contributed by atoms with E-state index in [1.54, 1.807) is 36.4 Å². The van der Waals surface area contributed by atoms with Crippen LogP contribution in [0.5, 0.6) is 0 Å². The van der Waals surface area contributed by atoms with Crippen molar-refractivity contribution in [2.45, 2.75) is 0 Å². The fourth-order valence-electron chi connectivity index (χ4n) is 2.52. The van der Waals surface area contributed by atoms with E-state index < -0.39 is 5.91 Å². The molecule has 1 aromatic heterocycles. The Kier molecular flexibility index (Phi) is 4.27. The number of halogens is 1. The smallest absolute Gasteiger partial charge is 0.272 e. The SMILES string of the molecule is CN(C)c1ccc(Cl)cc1NC(=O)c1cc2ccccc2c(=O)[nH]1. The summed E-state index contributed by atoms with van der Waals surface area (Å²) in [5.74, 6) is -0.400. The first-order valence-electron chi connectivity index (χ1n) is 7.36. The zero-order valence-electron chi connectivity index (χ0n) is 13.3. The van der Waals surface area contributed by atoms with Gasteiger partial charge in [0, 0.05) is 24.5 Å². The predicted octanol–water partition coefficient (Wildman–Crippen LogP) is 3.50. The standard InChI is InChI=1S/C18H16ClN3O2/c1-22(2)16-8-7-12(19)10-14(16)20-18(24)15-9-11-5-3-4-6-13(11)17(23)21-15/h3-10H,1-2H3,(H,20,24)(H,21,23). The van der Waals surface area contributed by atoms with Crippen LogP contribution in [0.4, 0.5) is 11.4 Å². The fourth-order valence-corrected chi connectivity index (χ4v) is 2.69. The van der Waals surface area contributed by atoms with Gasteiger partial charge in [0.1, 0.15) is 5.69 Å². The third kappa shape index (κ3) is 3.12. The molecule has 1 amide bonds. The summed E-state index contributed by atoms with van der Waals surface area (Å²) in [7, 11) is 3.74. The summed E-state index contributed by atoms with van der Waals surface area (Å²) >= 11 is 6.03. The minimum absolute atomic E-state index is 0.198. The number of anilines is 2. The molecule has 2 N–H and O–H groups in total. The van der Waals surface area contributed by atoms with Crippen molar-refractivity contribution in [2.24, 2.45) is 0 Å². The Morgan fingerprint density at radius 1 is 1.12 bits per heavy atom. The molecule has 0 spiro atoms. The van der Waals surface area contributed by atoms with Crippen LogP contribution in [0, 0.1) is 0 Å². The minimum Gasteiger partial charge on any atom is -0.376 e. The maximum absolute atomic E-state index is 12.6. The van der Waals surface area contributed by atoms with Crippen molar-refractivity contribution in [1.29, 1.82) is 0 Å². The molecule has 0 aliphatic heterocycles. The zero-order valence-corrected chi connectivity index (χ0v) is 14.0. The molecular formula is C18H16ClN3O2. The predicted molar refractivity (Wildman–Crippen MR) is 98.3 cm³/mol. The van der Waals surface area contributed by atoms with Crippen LogP contribution >= 0.6 is 11.6 Å². The first-order chi connectivity index (χ1) is 11.5. The van der Waals surface area contributed by atoms with E-state index in [4.69, 9.17) is 11.6 Å². The van der Waals surface area contributed by atoms with Gasteiger partial charge >= 0.3 is 0 Å². The van der Waals surface area contributed by atoms with Crippen molar-refractivity contribution in [3.05, 3.63) is 69.6 Å². The van der Waals surface area contributed by atoms with E-state index in [-0.39, 0.29) is 11.3 Å². The van der Waals surface area contributed by atoms with Gasteiger partial charge in [0.15, 0.2) is 0 Å². The van der Waals surface area contributed by atoms with Crippen LogP contribution in [-0.2, 0) is 0 Å². The molecule has 3 rings (SSSR count). The number of amides is 1. The normalized spacial score (nSPS) is 10.6. The van der Waals surface area contributed by atoms with Gasteiger partial charge in [-0.05, 0) is 35.7 Å². The number of rotatable bonds is 3. The number of carbonyl (C=O) groups excluding carboxylic acids is 1. The van der Waals surface area contributed by atoms with E-state index in [1.165, 1.54) is 0 Å². The number of fused-ring (bicyclic) bond motifs is 1. The maximum atomic E-state index is 12.6. The monoisotopic (exact) mass is 341 g/mol. The van der Waals surface area contributed by atoms with Gasteiger partial charge in [-0.2, -0.15) is 0 Å². The molecular weight excluding hydrogens is 326 g/mol. The van der Waals surface area contributed by atoms with Crippen molar-refractivity contribution < 1.29 is 4.79 Å². The Labute approximate surface area is 143 Å². The van der Waals surface area contributed by atoms with Crippen LogP contribution in [0.2, 0.25) is 5.02 Å². The van der Waals surface area contributed by atoms with Gasteiger partial charge in [-0.15, -0.1) is 0 Å². The van der Waals surface area contributed by atoms with Crippen molar-refractivity contribution in [1.82, 2.24) is 4.98 Å². The molecule has 0 aliphatic carbocycles. The quantitative estimate of drug-likeness (QED) is 0.766. The molecule has 0 aliphatic rings. The van der Waals surface area contributed by atoms with E-state index in [9.17, 15) is 9.59 Å². The molecule has 1 heterocycles. The van der Waals surface area contributed by atoms with E-state index in [0.29, 0.717) is 21.5 Å². The largest absolute Gasteiger partial charge is 0.376 e. The van der Waals surface area contributed by atoms with Crippen LogP contribution < -0.4 is 15.8 Å². The van der Waals surface area contributed by atoms with Gasteiger partial charge in [-0.3, -0.25) is 9.59 Å². The maximum Gasteiger partial charge on any atom is 0.272 e. The second-order valence-electron chi connectivity index (χ2n) is 5.61. The molecule has 0 saturated carbocycles. The first kappa shape index (κ1) is 16.1. The lowest BCUT2D eigenvalue weighted by Gasteiger charge is -2.18. The van der Waals surface area contributed by atoms with Crippen molar-refractivity contribution in [3.8, 4) is 0 Å². The second kappa shape index (κ2) is 6.37. The van der Waals surface area contributed by atoms with Crippen LogP contribution in [0.15, 0.2) is 53.3 Å². The fraction of sp³-hybridized carbons (Fsp3) is 0.111.